The number of benzene rings is 2. The molecule has 0 aliphatic heterocycles. The molecule has 3 aromatic rings. The van der Waals surface area contributed by atoms with E-state index in [1.165, 1.54) is 12.1 Å². The van der Waals surface area contributed by atoms with Crippen molar-refractivity contribution in [1.29, 1.82) is 0 Å². The van der Waals surface area contributed by atoms with Crippen molar-refractivity contribution in [2.45, 2.75) is 13.5 Å². The monoisotopic (exact) mass is 343 g/mol. The molecule has 0 aliphatic carbocycles. The number of amides is 1. The standard InChI is InChI=1S/C19H15ClFNO2/c1-12-17(10-18(24-12)14-4-8-16(21)9-5-14)19(23)22-11-13-2-6-15(20)7-3-13/h2-10H,11H2,1H3,(H,22,23). The number of nitrogens with one attached hydrogen (secondary N) is 1. The Morgan fingerprint density at radius 1 is 1.12 bits per heavy atom. The topological polar surface area (TPSA) is 42.2 Å². The number of aryl methyl sites for hydroxylation is 1. The highest BCUT2D eigenvalue weighted by Gasteiger charge is 2.15. The number of rotatable bonds is 4. The first-order valence-electron chi connectivity index (χ1n) is 7.42. The first-order chi connectivity index (χ1) is 11.5. The molecule has 1 amide bonds. The van der Waals surface area contributed by atoms with Gasteiger partial charge in [-0.3, -0.25) is 4.79 Å². The van der Waals surface area contributed by atoms with Gasteiger partial charge in [0.25, 0.3) is 5.91 Å². The van der Waals surface area contributed by atoms with Crippen LogP contribution in [0.1, 0.15) is 21.7 Å². The Morgan fingerprint density at radius 2 is 1.79 bits per heavy atom. The van der Waals surface area contributed by atoms with E-state index in [-0.39, 0.29) is 11.7 Å². The summed E-state index contributed by atoms with van der Waals surface area (Å²) < 4.78 is 18.6. The highest BCUT2D eigenvalue weighted by molar-refractivity contribution is 6.30. The zero-order chi connectivity index (χ0) is 17.1. The van der Waals surface area contributed by atoms with E-state index in [0.29, 0.717) is 28.7 Å². The second-order valence-electron chi connectivity index (χ2n) is 5.40. The van der Waals surface area contributed by atoms with Crippen LogP contribution in [-0.2, 0) is 6.54 Å². The van der Waals surface area contributed by atoms with E-state index in [0.717, 1.165) is 11.1 Å². The summed E-state index contributed by atoms with van der Waals surface area (Å²) in [5.74, 6) is 0.509. The van der Waals surface area contributed by atoms with Crippen molar-refractivity contribution in [3.05, 3.63) is 82.3 Å². The quantitative estimate of drug-likeness (QED) is 0.726. The van der Waals surface area contributed by atoms with Crippen LogP contribution >= 0.6 is 11.6 Å². The zero-order valence-corrected chi connectivity index (χ0v) is 13.7. The lowest BCUT2D eigenvalue weighted by molar-refractivity contribution is 0.0949. The van der Waals surface area contributed by atoms with Gasteiger partial charge in [-0.05, 0) is 55.0 Å². The van der Waals surface area contributed by atoms with E-state index in [9.17, 15) is 9.18 Å². The molecule has 0 atom stereocenters. The van der Waals surface area contributed by atoms with Crippen LogP contribution in [0.4, 0.5) is 4.39 Å². The molecular weight excluding hydrogens is 329 g/mol. The Hall–Kier alpha value is -2.59. The molecule has 0 aliphatic rings. The predicted molar refractivity (Wildman–Crippen MR) is 91.5 cm³/mol. The molecule has 3 nitrogen and oxygen atoms in total. The van der Waals surface area contributed by atoms with Gasteiger partial charge in [-0.2, -0.15) is 0 Å². The van der Waals surface area contributed by atoms with Crippen molar-refractivity contribution in [3.8, 4) is 11.3 Å². The summed E-state index contributed by atoms with van der Waals surface area (Å²) in [4.78, 5) is 12.3. The average Bonchev–Trinajstić information content (AvgIpc) is 2.96. The predicted octanol–water partition coefficient (Wildman–Crippen LogP) is 4.98. The first kappa shape index (κ1) is 16.3. The van der Waals surface area contributed by atoms with E-state index < -0.39 is 0 Å². The number of halogens is 2. The second kappa shape index (κ2) is 6.89. The average molecular weight is 344 g/mol. The highest BCUT2D eigenvalue weighted by Crippen LogP contribution is 2.25. The number of hydrogen-bond acceptors (Lipinski definition) is 2. The number of furan rings is 1. The summed E-state index contributed by atoms with van der Waals surface area (Å²) in [6.07, 6.45) is 0. The first-order valence-corrected chi connectivity index (χ1v) is 7.80. The van der Waals surface area contributed by atoms with Crippen LogP contribution in [0.25, 0.3) is 11.3 Å². The lowest BCUT2D eigenvalue weighted by Gasteiger charge is -2.04. The Labute approximate surface area is 144 Å². The third-order valence-corrected chi connectivity index (χ3v) is 3.91. The van der Waals surface area contributed by atoms with Gasteiger partial charge in [0.2, 0.25) is 0 Å². The van der Waals surface area contributed by atoms with Gasteiger partial charge in [0.1, 0.15) is 17.3 Å². The van der Waals surface area contributed by atoms with Crippen LogP contribution < -0.4 is 5.32 Å². The SMILES string of the molecule is Cc1oc(-c2ccc(F)cc2)cc1C(=O)NCc1ccc(Cl)cc1. The maximum atomic E-state index is 13.0. The van der Waals surface area contributed by atoms with Crippen molar-refractivity contribution in [2.24, 2.45) is 0 Å². The van der Waals surface area contributed by atoms with Gasteiger partial charge in [0.15, 0.2) is 0 Å². The van der Waals surface area contributed by atoms with E-state index in [1.54, 1.807) is 37.3 Å². The van der Waals surface area contributed by atoms with E-state index >= 15 is 0 Å². The van der Waals surface area contributed by atoms with Crippen LogP contribution in [0.5, 0.6) is 0 Å². The molecule has 3 rings (SSSR count). The number of carbonyl (C=O) groups excluding carboxylic acids is 1. The van der Waals surface area contributed by atoms with E-state index in [4.69, 9.17) is 16.0 Å². The third kappa shape index (κ3) is 3.66. The molecule has 1 aromatic heterocycles. The molecule has 24 heavy (non-hydrogen) atoms. The number of carbonyl (C=O) groups is 1. The van der Waals surface area contributed by atoms with Crippen molar-refractivity contribution < 1.29 is 13.6 Å². The summed E-state index contributed by atoms with van der Waals surface area (Å²) in [7, 11) is 0. The summed E-state index contributed by atoms with van der Waals surface area (Å²) >= 11 is 5.84. The third-order valence-electron chi connectivity index (χ3n) is 3.66. The van der Waals surface area contributed by atoms with E-state index in [2.05, 4.69) is 5.32 Å². The molecule has 2 aromatic carbocycles. The van der Waals surface area contributed by atoms with Gasteiger partial charge in [-0.15, -0.1) is 0 Å². The normalized spacial score (nSPS) is 10.6. The second-order valence-corrected chi connectivity index (χ2v) is 5.83. The van der Waals surface area contributed by atoms with Gasteiger partial charge in [-0.1, -0.05) is 23.7 Å². The molecule has 0 spiro atoms. The summed E-state index contributed by atoms with van der Waals surface area (Å²) in [5, 5.41) is 3.50. The Kier molecular flexibility index (Phi) is 4.67. The molecule has 1 heterocycles. The summed E-state index contributed by atoms with van der Waals surface area (Å²) in [5.41, 5.74) is 2.13. The fourth-order valence-corrected chi connectivity index (χ4v) is 2.47. The summed E-state index contributed by atoms with van der Waals surface area (Å²) in [6, 6.07) is 14.9. The van der Waals surface area contributed by atoms with Gasteiger partial charge >= 0.3 is 0 Å². The lowest BCUT2D eigenvalue weighted by atomic mass is 10.1. The Bertz CT molecular complexity index is 854. The minimum Gasteiger partial charge on any atom is -0.461 e. The molecule has 5 heteroatoms. The maximum Gasteiger partial charge on any atom is 0.255 e. The van der Waals surface area contributed by atoms with Crippen molar-refractivity contribution in [2.75, 3.05) is 0 Å². The van der Waals surface area contributed by atoms with Crippen molar-refractivity contribution >= 4 is 17.5 Å². The van der Waals surface area contributed by atoms with Gasteiger partial charge in [0, 0.05) is 17.1 Å². The smallest absolute Gasteiger partial charge is 0.255 e. The van der Waals surface area contributed by atoms with Crippen LogP contribution in [0.2, 0.25) is 5.02 Å². The molecule has 122 valence electrons. The molecule has 0 saturated carbocycles. The minimum absolute atomic E-state index is 0.223. The Balaban J connectivity index is 1.73. The van der Waals surface area contributed by atoms with E-state index in [1.807, 2.05) is 12.1 Å². The van der Waals surface area contributed by atoms with Gasteiger partial charge in [-0.25, -0.2) is 4.39 Å². The molecular formula is C19H15ClFNO2. The summed E-state index contributed by atoms with van der Waals surface area (Å²) in [6.45, 7) is 2.12. The Morgan fingerprint density at radius 3 is 2.46 bits per heavy atom. The van der Waals surface area contributed by atoms with Gasteiger partial charge < -0.3 is 9.73 Å². The molecule has 0 unspecified atom stereocenters. The minimum atomic E-state index is -0.317. The van der Waals surface area contributed by atoms with Crippen LogP contribution in [0.3, 0.4) is 0 Å². The van der Waals surface area contributed by atoms with Crippen LogP contribution in [0.15, 0.2) is 59.0 Å². The van der Waals surface area contributed by atoms with Crippen LogP contribution in [-0.4, -0.2) is 5.91 Å². The molecule has 0 fully saturated rings. The number of hydrogen-bond donors (Lipinski definition) is 1. The molecule has 0 bridgehead atoms. The van der Waals surface area contributed by atoms with Crippen molar-refractivity contribution in [3.63, 3.8) is 0 Å². The molecule has 0 saturated heterocycles. The maximum absolute atomic E-state index is 13.0. The molecule has 1 N–H and O–H groups in total. The highest BCUT2D eigenvalue weighted by atomic mass is 35.5. The van der Waals surface area contributed by atoms with Crippen LogP contribution in [0, 0.1) is 12.7 Å². The zero-order valence-electron chi connectivity index (χ0n) is 13.0. The lowest BCUT2D eigenvalue weighted by Crippen LogP contribution is -2.22. The fourth-order valence-electron chi connectivity index (χ4n) is 2.34. The fraction of sp³-hybridized carbons (Fsp3) is 0.105. The van der Waals surface area contributed by atoms with Gasteiger partial charge in [0.05, 0.1) is 5.56 Å². The molecule has 0 radical (unpaired) electrons. The van der Waals surface area contributed by atoms with Crippen molar-refractivity contribution in [1.82, 2.24) is 5.32 Å². The largest absolute Gasteiger partial charge is 0.461 e.